The first kappa shape index (κ1) is 13.3. The van der Waals surface area contributed by atoms with E-state index in [-0.39, 0.29) is 0 Å². The predicted molar refractivity (Wildman–Crippen MR) is 69.4 cm³/mol. The molecule has 0 bridgehead atoms. The third-order valence-corrected chi connectivity index (χ3v) is 2.83. The Bertz CT molecular complexity index is 249. The van der Waals surface area contributed by atoms with Gasteiger partial charge in [0.05, 0.1) is 13.2 Å². The van der Waals surface area contributed by atoms with Crippen molar-refractivity contribution in [3.8, 4) is 0 Å². The van der Waals surface area contributed by atoms with E-state index in [9.17, 15) is 0 Å². The minimum absolute atomic E-state index is 0.863. The fourth-order valence-corrected chi connectivity index (χ4v) is 2.03. The molecule has 16 heavy (non-hydrogen) atoms. The summed E-state index contributed by atoms with van der Waals surface area (Å²) >= 11 is 0. The first-order valence-corrected chi connectivity index (χ1v) is 6.48. The molecule has 1 rings (SSSR count). The van der Waals surface area contributed by atoms with Gasteiger partial charge in [-0.3, -0.25) is 0 Å². The summed E-state index contributed by atoms with van der Waals surface area (Å²) in [5.74, 6) is 0. The Morgan fingerprint density at radius 3 is 2.50 bits per heavy atom. The lowest BCUT2D eigenvalue weighted by molar-refractivity contribution is 0.0552. The maximum atomic E-state index is 5.39. The molecule has 1 saturated heterocycles. The normalized spacial score (nSPS) is 19.1. The molecule has 2 heteroatoms. The highest BCUT2D eigenvalue weighted by atomic mass is 16.5. The Balaban J connectivity index is 2.66. The molecular weight excluding hydrogens is 198 g/mol. The molecular formula is C14H25NO. The molecule has 0 amide bonds. The second kappa shape index (κ2) is 7.50. The second-order valence-electron chi connectivity index (χ2n) is 4.38. The minimum atomic E-state index is 0.863. The largest absolute Gasteiger partial charge is 0.378 e. The van der Waals surface area contributed by atoms with Gasteiger partial charge in [0.25, 0.3) is 0 Å². The van der Waals surface area contributed by atoms with Crippen LogP contribution in [-0.4, -0.2) is 31.2 Å². The van der Waals surface area contributed by atoms with Gasteiger partial charge in [-0.1, -0.05) is 31.9 Å². The summed E-state index contributed by atoms with van der Waals surface area (Å²) < 4.78 is 5.39. The fraction of sp³-hybridized carbons (Fsp3) is 0.714. The van der Waals surface area contributed by atoms with Gasteiger partial charge in [-0.05, 0) is 25.8 Å². The van der Waals surface area contributed by atoms with Gasteiger partial charge in [-0.25, -0.2) is 0 Å². The molecule has 0 N–H and O–H groups in total. The lowest BCUT2D eigenvalue weighted by atomic mass is 10.1. The molecule has 1 heterocycles. The van der Waals surface area contributed by atoms with Gasteiger partial charge in [0, 0.05) is 18.8 Å². The molecule has 0 radical (unpaired) electrons. The van der Waals surface area contributed by atoms with Crippen LogP contribution in [0.4, 0.5) is 0 Å². The van der Waals surface area contributed by atoms with E-state index in [2.05, 4.69) is 37.8 Å². The zero-order chi connectivity index (χ0) is 11.8. The Morgan fingerprint density at radius 1 is 1.25 bits per heavy atom. The molecule has 1 aliphatic heterocycles. The summed E-state index contributed by atoms with van der Waals surface area (Å²) in [5.41, 5.74) is 2.87. The summed E-state index contributed by atoms with van der Waals surface area (Å²) in [6.07, 6.45) is 8.20. The van der Waals surface area contributed by atoms with Gasteiger partial charge < -0.3 is 9.64 Å². The first-order valence-electron chi connectivity index (χ1n) is 6.48. The van der Waals surface area contributed by atoms with Crippen LogP contribution >= 0.6 is 0 Å². The Hall–Kier alpha value is -0.760. The van der Waals surface area contributed by atoms with Gasteiger partial charge in [-0.15, -0.1) is 0 Å². The van der Waals surface area contributed by atoms with Crippen molar-refractivity contribution in [2.75, 3.05) is 26.3 Å². The van der Waals surface area contributed by atoms with Crippen molar-refractivity contribution >= 4 is 0 Å². The van der Waals surface area contributed by atoms with Crippen LogP contribution in [0.1, 0.15) is 40.0 Å². The fourth-order valence-electron chi connectivity index (χ4n) is 2.03. The number of rotatable bonds is 5. The summed E-state index contributed by atoms with van der Waals surface area (Å²) in [7, 11) is 0. The number of allylic oxidation sites excluding steroid dienone is 3. The van der Waals surface area contributed by atoms with E-state index < -0.39 is 0 Å². The van der Waals surface area contributed by atoms with E-state index in [0.29, 0.717) is 0 Å². The summed E-state index contributed by atoms with van der Waals surface area (Å²) in [6.45, 7) is 10.4. The highest BCUT2D eigenvalue weighted by Crippen LogP contribution is 2.14. The van der Waals surface area contributed by atoms with Crippen LogP contribution in [0.25, 0.3) is 0 Å². The molecule has 2 nitrogen and oxygen atoms in total. The Kier molecular flexibility index (Phi) is 6.24. The van der Waals surface area contributed by atoms with Crippen molar-refractivity contribution < 1.29 is 4.74 Å². The average Bonchev–Trinajstić information content (AvgIpc) is 2.30. The van der Waals surface area contributed by atoms with Crippen molar-refractivity contribution in [1.29, 1.82) is 0 Å². The van der Waals surface area contributed by atoms with E-state index >= 15 is 0 Å². The smallest absolute Gasteiger partial charge is 0.0642 e. The van der Waals surface area contributed by atoms with Crippen LogP contribution < -0.4 is 0 Å². The van der Waals surface area contributed by atoms with Crippen LogP contribution in [0.15, 0.2) is 23.4 Å². The molecule has 0 aromatic heterocycles. The van der Waals surface area contributed by atoms with E-state index in [0.717, 1.165) is 32.7 Å². The summed E-state index contributed by atoms with van der Waals surface area (Å²) in [5, 5.41) is 0. The standard InChI is InChI=1S/C14H25NO/c1-4-6-13(3)12-14(7-5-2)15-8-10-16-11-9-15/h7,12H,4-6,8-11H2,1-3H3. The lowest BCUT2D eigenvalue weighted by Crippen LogP contribution is -2.35. The second-order valence-corrected chi connectivity index (χ2v) is 4.38. The quantitative estimate of drug-likeness (QED) is 0.663. The third kappa shape index (κ3) is 4.40. The number of ether oxygens (including phenoxy) is 1. The van der Waals surface area contributed by atoms with Crippen LogP contribution in [0.3, 0.4) is 0 Å². The van der Waals surface area contributed by atoms with Crippen molar-refractivity contribution in [3.05, 3.63) is 23.4 Å². The predicted octanol–water partition coefficient (Wildman–Crippen LogP) is 3.36. The molecule has 0 aromatic carbocycles. The number of hydrogen-bond acceptors (Lipinski definition) is 2. The molecule has 0 spiro atoms. The highest BCUT2D eigenvalue weighted by Gasteiger charge is 2.11. The van der Waals surface area contributed by atoms with Crippen LogP contribution in [0.2, 0.25) is 0 Å². The SMILES string of the molecule is CCC=C(C=C(C)CCC)N1CCOCC1. The van der Waals surface area contributed by atoms with E-state index in [1.165, 1.54) is 24.1 Å². The monoisotopic (exact) mass is 223 g/mol. The molecule has 92 valence electrons. The highest BCUT2D eigenvalue weighted by molar-refractivity contribution is 5.22. The lowest BCUT2D eigenvalue weighted by Gasteiger charge is -2.30. The van der Waals surface area contributed by atoms with Crippen molar-refractivity contribution in [2.45, 2.75) is 40.0 Å². The zero-order valence-corrected chi connectivity index (χ0v) is 11.0. The molecule has 1 aliphatic rings. The van der Waals surface area contributed by atoms with Crippen LogP contribution in [0, 0.1) is 0 Å². The summed E-state index contributed by atoms with van der Waals surface area (Å²) in [4.78, 5) is 2.44. The molecule has 0 atom stereocenters. The molecule has 0 aromatic rings. The van der Waals surface area contributed by atoms with Crippen LogP contribution in [-0.2, 0) is 4.74 Å². The molecule has 0 unspecified atom stereocenters. The van der Waals surface area contributed by atoms with Crippen molar-refractivity contribution in [3.63, 3.8) is 0 Å². The topological polar surface area (TPSA) is 12.5 Å². The van der Waals surface area contributed by atoms with Crippen molar-refractivity contribution in [2.24, 2.45) is 0 Å². The Labute approximate surface area is 100.0 Å². The maximum Gasteiger partial charge on any atom is 0.0642 e. The van der Waals surface area contributed by atoms with Crippen LogP contribution in [0.5, 0.6) is 0 Å². The van der Waals surface area contributed by atoms with Gasteiger partial charge in [0.2, 0.25) is 0 Å². The van der Waals surface area contributed by atoms with Gasteiger partial charge in [0.15, 0.2) is 0 Å². The third-order valence-electron chi connectivity index (χ3n) is 2.83. The average molecular weight is 223 g/mol. The molecule has 0 saturated carbocycles. The summed E-state index contributed by atoms with van der Waals surface area (Å²) in [6, 6.07) is 0. The van der Waals surface area contributed by atoms with Gasteiger partial charge in [0.1, 0.15) is 0 Å². The zero-order valence-electron chi connectivity index (χ0n) is 11.0. The number of morpholine rings is 1. The maximum absolute atomic E-state index is 5.39. The first-order chi connectivity index (χ1) is 7.77. The number of hydrogen-bond donors (Lipinski definition) is 0. The molecule has 0 aliphatic carbocycles. The van der Waals surface area contributed by atoms with E-state index in [1.807, 2.05) is 0 Å². The number of nitrogens with zero attached hydrogens (tertiary/aromatic N) is 1. The van der Waals surface area contributed by atoms with E-state index in [1.54, 1.807) is 0 Å². The molecule has 1 fully saturated rings. The van der Waals surface area contributed by atoms with Crippen molar-refractivity contribution in [1.82, 2.24) is 4.90 Å². The van der Waals surface area contributed by atoms with Gasteiger partial charge in [-0.2, -0.15) is 0 Å². The minimum Gasteiger partial charge on any atom is -0.378 e. The van der Waals surface area contributed by atoms with Gasteiger partial charge >= 0.3 is 0 Å². The van der Waals surface area contributed by atoms with E-state index in [4.69, 9.17) is 4.74 Å². The Morgan fingerprint density at radius 2 is 1.94 bits per heavy atom.